The second-order valence-electron chi connectivity index (χ2n) is 5.51. The number of rotatable bonds is 3. The maximum atomic E-state index is 13.3. The van der Waals surface area contributed by atoms with Crippen molar-refractivity contribution < 1.29 is 9.18 Å². The molecule has 5 nitrogen and oxygen atoms in total. The molecule has 0 fully saturated rings. The summed E-state index contributed by atoms with van der Waals surface area (Å²) in [6, 6.07) is 8.98. The molecule has 26 heavy (non-hydrogen) atoms. The van der Waals surface area contributed by atoms with Gasteiger partial charge in [-0.25, -0.2) is 9.18 Å². The van der Waals surface area contributed by atoms with Crippen LogP contribution in [-0.2, 0) is 6.54 Å². The molecule has 0 aliphatic carbocycles. The fourth-order valence-corrected chi connectivity index (χ4v) is 3.25. The van der Waals surface area contributed by atoms with Gasteiger partial charge in [-0.2, -0.15) is 4.99 Å². The lowest BCUT2D eigenvalue weighted by Gasteiger charge is -2.04. The molecule has 3 aromatic rings. The second-order valence-corrected chi connectivity index (χ2v) is 7.10. The van der Waals surface area contributed by atoms with E-state index in [1.807, 2.05) is 0 Å². The van der Waals surface area contributed by atoms with Gasteiger partial charge in [-0.1, -0.05) is 29.3 Å². The van der Waals surface area contributed by atoms with Crippen LogP contribution in [0.1, 0.15) is 21.5 Å². The van der Waals surface area contributed by atoms with Gasteiger partial charge in [0.2, 0.25) is 4.80 Å². The third-order valence-corrected chi connectivity index (χ3v) is 5.14. The third-order valence-electron chi connectivity index (χ3n) is 3.63. The molecule has 2 aromatic carbocycles. The summed E-state index contributed by atoms with van der Waals surface area (Å²) >= 11 is 12.8. The van der Waals surface area contributed by atoms with E-state index >= 15 is 0 Å². The summed E-state index contributed by atoms with van der Waals surface area (Å²) in [4.78, 5) is 28.6. The van der Waals surface area contributed by atoms with Gasteiger partial charge in [0.1, 0.15) is 5.82 Å². The quantitative estimate of drug-likeness (QED) is 0.712. The summed E-state index contributed by atoms with van der Waals surface area (Å²) in [5, 5.41) is 0.777. The molecular weight excluding hydrogens is 400 g/mol. The maximum absolute atomic E-state index is 13.3. The Morgan fingerprint density at radius 3 is 2.69 bits per heavy atom. The van der Waals surface area contributed by atoms with Crippen LogP contribution >= 0.6 is 34.7 Å². The van der Waals surface area contributed by atoms with Crippen molar-refractivity contribution >= 4 is 40.6 Å². The van der Waals surface area contributed by atoms with E-state index < -0.39 is 17.4 Å². The second kappa shape index (κ2) is 7.57. The van der Waals surface area contributed by atoms with Crippen LogP contribution < -0.4 is 10.5 Å². The molecule has 134 valence electrons. The predicted octanol–water partition coefficient (Wildman–Crippen LogP) is 3.78. The number of carbonyl (C=O) groups excluding carboxylic acids is 1. The van der Waals surface area contributed by atoms with Crippen LogP contribution in [0.5, 0.6) is 0 Å². The molecule has 0 saturated carbocycles. The van der Waals surface area contributed by atoms with E-state index in [1.54, 1.807) is 25.1 Å². The Morgan fingerprint density at radius 1 is 1.23 bits per heavy atom. The average Bonchev–Trinajstić information content (AvgIpc) is 2.93. The molecular formula is C17H12Cl2FN3O2S. The summed E-state index contributed by atoms with van der Waals surface area (Å²) in [7, 11) is 0. The minimum Gasteiger partial charge on any atom is -0.267 e. The first-order valence-corrected chi connectivity index (χ1v) is 9.00. The smallest absolute Gasteiger partial charge is 0.267 e. The van der Waals surface area contributed by atoms with Crippen molar-refractivity contribution in [2.24, 2.45) is 4.99 Å². The lowest BCUT2D eigenvalue weighted by molar-refractivity contribution is 0.0997. The highest BCUT2D eigenvalue weighted by molar-refractivity contribution is 7.02. The first-order valence-electron chi connectivity index (χ1n) is 7.42. The lowest BCUT2D eigenvalue weighted by atomic mass is 10.1. The number of aromatic nitrogens is 2. The number of nitrogens with one attached hydrogen (secondary N) is 1. The lowest BCUT2D eigenvalue weighted by Crippen LogP contribution is -2.28. The van der Waals surface area contributed by atoms with Crippen LogP contribution in [0.3, 0.4) is 0 Å². The molecule has 1 amide bonds. The zero-order valence-electron chi connectivity index (χ0n) is 13.4. The summed E-state index contributed by atoms with van der Waals surface area (Å²) in [5.41, 5.74) is 0.917. The predicted molar refractivity (Wildman–Crippen MR) is 99.5 cm³/mol. The Bertz CT molecular complexity index is 1120. The molecule has 0 atom stereocenters. The molecule has 0 saturated heterocycles. The molecule has 0 aliphatic rings. The fourth-order valence-electron chi connectivity index (χ4n) is 2.26. The van der Waals surface area contributed by atoms with E-state index in [2.05, 4.69) is 9.37 Å². The molecule has 1 aromatic heterocycles. The van der Waals surface area contributed by atoms with Gasteiger partial charge in [0, 0.05) is 5.56 Å². The van der Waals surface area contributed by atoms with Crippen LogP contribution in [0.4, 0.5) is 4.39 Å². The highest BCUT2D eigenvalue weighted by atomic mass is 35.5. The standard InChI is InChI=1S/C17H12Cl2FN3O2S/c1-9-6-11(3-5-14(9)20)15(24)21-17-23(16(25)22-26-17)8-10-2-4-12(18)13(19)7-10/h2-7H,8H2,1H3,(H,22,25). The van der Waals surface area contributed by atoms with Crippen molar-refractivity contribution in [2.45, 2.75) is 13.5 Å². The van der Waals surface area contributed by atoms with Crippen LogP contribution in [0, 0.1) is 12.7 Å². The van der Waals surface area contributed by atoms with Crippen molar-refractivity contribution in [2.75, 3.05) is 0 Å². The van der Waals surface area contributed by atoms with E-state index in [1.165, 1.54) is 22.8 Å². The minimum absolute atomic E-state index is 0.171. The van der Waals surface area contributed by atoms with Gasteiger partial charge in [0.25, 0.3) is 5.91 Å². The Labute approximate surface area is 161 Å². The van der Waals surface area contributed by atoms with E-state index in [0.717, 1.165) is 17.1 Å². The molecule has 0 bridgehead atoms. The van der Waals surface area contributed by atoms with Gasteiger partial charge >= 0.3 is 5.69 Å². The van der Waals surface area contributed by atoms with E-state index in [9.17, 15) is 14.0 Å². The summed E-state index contributed by atoms with van der Waals surface area (Å²) in [5.74, 6) is -0.964. The van der Waals surface area contributed by atoms with E-state index in [4.69, 9.17) is 23.2 Å². The number of hydrogen-bond donors (Lipinski definition) is 1. The van der Waals surface area contributed by atoms with Gasteiger partial charge in [0.15, 0.2) is 0 Å². The molecule has 0 radical (unpaired) electrons. The van der Waals surface area contributed by atoms with Crippen LogP contribution in [0.2, 0.25) is 10.0 Å². The number of benzene rings is 2. The number of nitrogens with zero attached hydrogens (tertiary/aromatic N) is 2. The first-order chi connectivity index (χ1) is 12.3. The van der Waals surface area contributed by atoms with Gasteiger partial charge in [0.05, 0.1) is 16.6 Å². The monoisotopic (exact) mass is 411 g/mol. The van der Waals surface area contributed by atoms with Crippen LogP contribution in [0.25, 0.3) is 0 Å². The van der Waals surface area contributed by atoms with E-state index in [-0.39, 0.29) is 16.9 Å². The topological polar surface area (TPSA) is 67.2 Å². The normalized spacial score (nSPS) is 11.8. The molecule has 9 heteroatoms. The molecule has 1 heterocycles. The number of aromatic amines is 1. The van der Waals surface area contributed by atoms with Crippen molar-refractivity contribution in [1.29, 1.82) is 0 Å². The van der Waals surface area contributed by atoms with Crippen LogP contribution in [0.15, 0.2) is 46.2 Å². The van der Waals surface area contributed by atoms with Crippen LogP contribution in [-0.4, -0.2) is 14.8 Å². The number of H-pyrrole nitrogens is 1. The number of halogens is 3. The van der Waals surface area contributed by atoms with Crippen molar-refractivity contribution in [3.63, 3.8) is 0 Å². The summed E-state index contributed by atoms with van der Waals surface area (Å²) in [6.45, 7) is 1.73. The number of aryl methyl sites for hydroxylation is 1. The minimum atomic E-state index is -0.564. The van der Waals surface area contributed by atoms with Gasteiger partial charge < -0.3 is 0 Å². The molecule has 0 unspecified atom stereocenters. The van der Waals surface area contributed by atoms with Crippen molar-refractivity contribution in [3.8, 4) is 0 Å². The Balaban J connectivity index is 1.97. The molecule has 1 N–H and O–H groups in total. The number of carbonyl (C=O) groups is 1. The van der Waals surface area contributed by atoms with Crippen molar-refractivity contribution in [1.82, 2.24) is 8.94 Å². The summed E-state index contributed by atoms with van der Waals surface area (Å²) in [6.07, 6.45) is 0. The Kier molecular flexibility index (Phi) is 5.41. The zero-order chi connectivity index (χ0) is 18.8. The van der Waals surface area contributed by atoms with Gasteiger partial charge in [-0.05, 0) is 59.9 Å². The Morgan fingerprint density at radius 2 is 2.00 bits per heavy atom. The molecule has 3 rings (SSSR count). The number of amides is 1. The third kappa shape index (κ3) is 3.95. The first kappa shape index (κ1) is 18.6. The average molecular weight is 412 g/mol. The molecule has 0 spiro atoms. The number of hydrogen-bond acceptors (Lipinski definition) is 3. The van der Waals surface area contributed by atoms with E-state index in [0.29, 0.717) is 15.6 Å². The SMILES string of the molecule is Cc1cc(C(=O)N=c2s[nH]c(=O)n2Cc2ccc(Cl)c(Cl)c2)ccc1F. The largest absolute Gasteiger partial charge is 0.337 e. The summed E-state index contributed by atoms with van der Waals surface area (Å²) < 4.78 is 17.2. The van der Waals surface area contributed by atoms with Gasteiger partial charge in [-0.3, -0.25) is 13.7 Å². The molecule has 0 aliphatic heterocycles. The maximum Gasteiger partial charge on any atom is 0.337 e. The Hall–Kier alpha value is -2.22. The zero-order valence-corrected chi connectivity index (χ0v) is 15.8. The highest BCUT2D eigenvalue weighted by Gasteiger charge is 2.10. The van der Waals surface area contributed by atoms with Crippen molar-refractivity contribution in [3.05, 3.63) is 84.2 Å². The van der Waals surface area contributed by atoms with Gasteiger partial charge in [-0.15, -0.1) is 0 Å². The fraction of sp³-hybridized carbons (Fsp3) is 0.118. The highest BCUT2D eigenvalue weighted by Crippen LogP contribution is 2.22.